The Hall–Kier alpha value is -2.00. The van der Waals surface area contributed by atoms with E-state index >= 15 is 0 Å². The van der Waals surface area contributed by atoms with E-state index in [1.807, 2.05) is 4.90 Å². The molecular weight excluding hydrogens is 646 g/mol. The maximum Gasteiger partial charge on any atom is 0.419 e. The van der Waals surface area contributed by atoms with E-state index in [1.54, 1.807) is 7.05 Å². The van der Waals surface area contributed by atoms with Crippen LogP contribution in [-0.2, 0) is 22.4 Å². The van der Waals surface area contributed by atoms with Crippen LogP contribution in [0.5, 0.6) is 5.75 Å². The van der Waals surface area contributed by atoms with Gasteiger partial charge in [0.05, 0.1) is 26.2 Å². The van der Waals surface area contributed by atoms with Gasteiger partial charge in [0.1, 0.15) is 21.1 Å². The van der Waals surface area contributed by atoms with Gasteiger partial charge < -0.3 is 9.64 Å². The Morgan fingerprint density at radius 2 is 1.82 bits per heavy atom. The molecule has 0 bridgehead atoms. The molecule has 0 radical (unpaired) electrons. The van der Waals surface area contributed by atoms with Gasteiger partial charge >= 0.3 is 12.4 Å². The van der Waals surface area contributed by atoms with E-state index in [2.05, 4.69) is 20.7 Å². The summed E-state index contributed by atoms with van der Waals surface area (Å²) >= 11 is 10.1. The molecule has 1 fully saturated rings. The number of nitrogens with one attached hydrogen (secondary N) is 1. The van der Waals surface area contributed by atoms with Crippen LogP contribution in [0.1, 0.15) is 17.5 Å². The summed E-state index contributed by atoms with van der Waals surface area (Å²) in [6.07, 6.45) is -9.37. The van der Waals surface area contributed by atoms with Crippen molar-refractivity contribution in [2.75, 3.05) is 24.9 Å². The number of halogens is 8. The third-order valence-electron chi connectivity index (χ3n) is 5.67. The number of sulfonamides is 1. The maximum absolute atomic E-state index is 13.6. The quantitative estimate of drug-likeness (QED) is 0.274. The number of likely N-dealkylation sites (tertiary alicyclic amines) is 1. The van der Waals surface area contributed by atoms with Crippen molar-refractivity contribution in [1.29, 1.82) is 0 Å². The molecule has 0 aliphatic carbocycles. The van der Waals surface area contributed by atoms with Gasteiger partial charge in [-0.1, -0.05) is 23.7 Å². The lowest BCUT2D eigenvalue weighted by Crippen LogP contribution is -2.23. The average Bonchev–Trinajstić information content (AvgIpc) is 3.34. The molecule has 1 aromatic heterocycles. The molecule has 5 nitrogen and oxygen atoms in total. The molecule has 0 spiro atoms. The number of alkyl halides is 6. The van der Waals surface area contributed by atoms with E-state index in [-0.39, 0.29) is 24.9 Å². The smallest absolute Gasteiger partial charge is 0.419 e. The fraction of sp³-hybridized carbons (Fsp3) is 0.304. The SMILES string of the molecule is CN1CC[C@@H](Oc2cc(NS(=O)(=O)c3c(Cl)sc(-c4cccc(C(F)(F)F)c4)c3Br)ccc2C(F)(F)F)C1. The molecule has 1 saturated heterocycles. The van der Waals surface area contributed by atoms with E-state index in [4.69, 9.17) is 16.3 Å². The van der Waals surface area contributed by atoms with E-state index < -0.39 is 50.3 Å². The summed E-state index contributed by atoms with van der Waals surface area (Å²) < 4.78 is 114. The highest BCUT2D eigenvalue weighted by Crippen LogP contribution is 2.47. The molecule has 0 unspecified atom stereocenters. The predicted octanol–water partition coefficient (Wildman–Crippen LogP) is 7.75. The number of hydrogen-bond donors (Lipinski definition) is 1. The highest BCUT2D eigenvalue weighted by Gasteiger charge is 2.37. The first-order chi connectivity index (χ1) is 17.6. The average molecular weight is 664 g/mol. The zero-order chi connectivity index (χ0) is 28.0. The van der Waals surface area contributed by atoms with Crippen LogP contribution in [0, 0.1) is 0 Å². The molecular formula is C23H18BrClF6N2O3S2. The van der Waals surface area contributed by atoms with Crippen molar-refractivity contribution in [3.8, 4) is 16.2 Å². The molecule has 2 aromatic carbocycles. The molecule has 1 aliphatic heterocycles. The summed E-state index contributed by atoms with van der Waals surface area (Å²) in [6.45, 7) is 1.04. The van der Waals surface area contributed by atoms with Crippen LogP contribution < -0.4 is 9.46 Å². The number of nitrogens with zero attached hydrogens (tertiary/aromatic N) is 1. The molecule has 0 saturated carbocycles. The van der Waals surface area contributed by atoms with Gasteiger partial charge in [-0.2, -0.15) is 26.3 Å². The van der Waals surface area contributed by atoms with Crippen LogP contribution in [0.4, 0.5) is 32.0 Å². The summed E-state index contributed by atoms with van der Waals surface area (Å²) in [4.78, 5) is 1.56. The van der Waals surface area contributed by atoms with E-state index in [1.165, 1.54) is 12.1 Å². The highest BCUT2D eigenvalue weighted by molar-refractivity contribution is 9.10. The second-order valence-electron chi connectivity index (χ2n) is 8.53. The van der Waals surface area contributed by atoms with Gasteiger partial charge in [0.25, 0.3) is 10.0 Å². The van der Waals surface area contributed by atoms with Crippen LogP contribution in [-0.4, -0.2) is 39.6 Å². The number of rotatable bonds is 6. The minimum Gasteiger partial charge on any atom is -0.488 e. The molecule has 15 heteroatoms. The second-order valence-corrected chi connectivity index (χ2v) is 12.6. The molecule has 1 N–H and O–H groups in total. The third kappa shape index (κ3) is 6.24. The second kappa shape index (κ2) is 10.5. The highest BCUT2D eigenvalue weighted by atomic mass is 79.9. The zero-order valence-corrected chi connectivity index (χ0v) is 23.2. The monoisotopic (exact) mass is 662 g/mol. The molecule has 1 aliphatic rings. The molecule has 206 valence electrons. The Morgan fingerprint density at radius 3 is 2.42 bits per heavy atom. The number of anilines is 1. The third-order valence-corrected chi connectivity index (χ3v) is 10.1. The summed E-state index contributed by atoms with van der Waals surface area (Å²) in [5, 5.41) is 0. The van der Waals surface area contributed by atoms with Gasteiger partial charge in [0.2, 0.25) is 0 Å². The van der Waals surface area contributed by atoms with Crippen molar-refractivity contribution < 1.29 is 39.5 Å². The number of hydrogen-bond acceptors (Lipinski definition) is 5. The van der Waals surface area contributed by atoms with Gasteiger partial charge in [-0.15, -0.1) is 11.3 Å². The molecule has 38 heavy (non-hydrogen) atoms. The van der Waals surface area contributed by atoms with Crippen LogP contribution in [0.3, 0.4) is 0 Å². The van der Waals surface area contributed by atoms with E-state index in [9.17, 15) is 34.8 Å². The molecule has 0 amide bonds. The summed E-state index contributed by atoms with van der Waals surface area (Å²) in [5.74, 6) is -0.530. The number of benzene rings is 2. The normalized spacial score (nSPS) is 17.1. The molecule has 1 atom stereocenters. The molecule has 2 heterocycles. The van der Waals surface area contributed by atoms with Crippen LogP contribution in [0.2, 0.25) is 4.34 Å². The number of likely N-dealkylation sites (N-methyl/N-ethyl adjacent to an activating group) is 1. The van der Waals surface area contributed by atoms with Crippen LogP contribution in [0.15, 0.2) is 51.8 Å². The Bertz CT molecular complexity index is 1460. The number of thiophene rings is 1. The van der Waals surface area contributed by atoms with E-state index in [0.29, 0.717) is 25.6 Å². The first kappa shape index (κ1) is 29.0. The summed E-state index contributed by atoms with van der Waals surface area (Å²) in [5.41, 5.74) is -2.13. The lowest BCUT2D eigenvalue weighted by molar-refractivity contribution is -0.139. The van der Waals surface area contributed by atoms with Gasteiger partial charge in [0, 0.05) is 19.2 Å². The van der Waals surface area contributed by atoms with Gasteiger partial charge in [-0.25, -0.2) is 8.42 Å². The van der Waals surface area contributed by atoms with Crippen molar-refractivity contribution in [3.63, 3.8) is 0 Å². The first-order valence-corrected chi connectivity index (χ1v) is 14.3. The summed E-state index contributed by atoms with van der Waals surface area (Å²) in [7, 11) is -2.69. The van der Waals surface area contributed by atoms with Crippen molar-refractivity contribution >= 4 is 54.6 Å². The Labute approximate surface area is 231 Å². The van der Waals surface area contributed by atoms with E-state index in [0.717, 1.165) is 35.6 Å². The van der Waals surface area contributed by atoms with Gasteiger partial charge in [-0.3, -0.25) is 4.72 Å². The Balaban J connectivity index is 1.68. The van der Waals surface area contributed by atoms with Gasteiger partial charge in [-0.05, 0) is 59.2 Å². The lowest BCUT2D eigenvalue weighted by atomic mass is 10.1. The molecule has 4 rings (SSSR count). The van der Waals surface area contributed by atoms with Crippen molar-refractivity contribution in [2.24, 2.45) is 0 Å². The van der Waals surface area contributed by atoms with Crippen LogP contribution in [0.25, 0.3) is 10.4 Å². The van der Waals surface area contributed by atoms with Crippen molar-refractivity contribution in [3.05, 3.63) is 62.4 Å². The first-order valence-electron chi connectivity index (χ1n) is 10.8. The predicted molar refractivity (Wildman–Crippen MR) is 136 cm³/mol. The minimum absolute atomic E-state index is 0.0757. The van der Waals surface area contributed by atoms with Crippen LogP contribution >= 0.6 is 38.9 Å². The number of ether oxygens (including phenoxy) is 1. The topological polar surface area (TPSA) is 58.6 Å². The molecule has 3 aromatic rings. The Morgan fingerprint density at radius 1 is 1.11 bits per heavy atom. The fourth-order valence-electron chi connectivity index (χ4n) is 3.91. The zero-order valence-electron chi connectivity index (χ0n) is 19.3. The lowest BCUT2D eigenvalue weighted by Gasteiger charge is -2.19. The Kier molecular flexibility index (Phi) is 8.03. The standard InChI is InChI=1S/C23H18BrClF6N2O3S2/c1-33-8-7-15(11-33)36-17-10-14(5-6-16(17)23(29,30)31)32-38(34,35)20-18(24)19(37-21(20)25)12-3-2-4-13(9-12)22(26,27)28/h2-6,9-10,15,32H,7-8,11H2,1H3/t15-/m1/s1. The minimum atomic E-state index is -4.74. The maximum atomic E-state index is 13.6. The van der Waals surface area contributed by atoms with Crippen molar-refractivity contribution in [1.82, 2.24) is 4.90 Å². The largest absolute Gasteiger partial charge is 0.488 e. The van der Waals surface area contributed by atoms with Crippen molar-refractivity contribution in [2.45, 2.75) is 29.8 Å². The fourth-order valence-corrected chi connectivity index (χ4v) is 8.51. The summed E-state index contributed by atoms with van der Waals surface area (Å²) in [6, 6.07) is 6.87. The van der Waals surface area contributed by atoms with Gasteiger partial charge in [0.15, 0.2) is 0 Å².